The summed E-state index contributed by atoms with van der Waals surface area (Å²) in [6.45, 7) is 2.54. The van der Waals surface area contributed by atoms with E-state index in [2.05, 4.69) is 10.6 Å². The molecule has 0 spiro atoms. The number of fused-ring (bicyclic) bond motifs is 1. The van der Waals surface area contributed by atoms with Crippen molar-refractivity contribution in [2.24, 2.45) is 5.92 Å². The summed E-state index contributed by atoms with van der Waals surface area (Å²) in [6.07, 6.45) is 2.41. The minimum atomic E-state index is -0.710. The number of hydrogen-bond donors (Lipinski definition) is 2. The van der Waals surface area contributed by atoms with Crippen LogP contribution in [0.1, 0.15) is 26.2 Å². The monoisotopic (exact) mass is 226 g/mol. The average Bonchev–Trinajstić information content (AvgIpc) is 2.53. The van der Waals surface area contributed by atoms with Gasteiger partial charge in [0.1, 0.15) is 5.54 Å². The first kappa shape index (κ1) is 11.4. The summed E-state index contributed by atoms with van der Waals surface area (Å²) in [5.41, 5.74) is -0.710. The summed E-state index contributed by atoms with van der Waals surface area (Å²) in [6, 6.07) is 0.103. The van der Waals surface area contributed by atoms with E-state index in [-0.39, 0.29) is 23.8 Å². The van der Waals surface area contributed by atoms with Crippen LogP contribution in [0.2, 0.25) is 0 Å². The lowest BCUT2D eigenvalue weighted by Crippen LogP contribution is -2.48. The van der Waals surface area contributed by atoms with E-state index in [9.17, 15) is 9.59 Å². The van der Waals surface area contributed by atoms with E-state index >= 15 is 0 Å². The molecule has 2 saturated heterocycles. The van der Waals surface area contributed by atoms with E-state index in [1.807, 2.05) is 0 Å². The van der Waals surface area contributed by atoms with Gasteiger partial charge in [-0.2, -0.15) is 0 Å². The maximum absolute atomic E-state index is 11.8. The highest BCUT2D eigenvalue weighted by molar-refractivity contribution is 5.85. The lowest BCUT2D eigenvalue weighted by Gasteiger charge is -2.22. The molecule has 5 nitrogen and oxygen atoms in total. The van der Waals surface area contributed by atoms with E-state index < -0.39 is 5.54 Å². The number of methoxy groups -OCH3 is 1. The lowest BCUT2D eigenvalue weighted by molar-refractivity contribution is -0.147. The van der Waals surface area contributed by atoms with E-state index in [0.29, 0.717) is 6.42 Å². The van der Waals surface area contributed by atoms with Crippen molar-refractivity contribution in [3.63, 3.8) is 0 Å². The minimum Gasteiger partial charge on any atom is -0.468 e. The SMILES string of the molecule is COC(=O)[C@]1(C)C[C@@H]2C(=O)NCCC[C@@H]2N1. The molecule has 0 aromatic carbocycles. The van der Waals surface area contributed by atoms with Crippen LogP contribution in [0, 0.1) is 5.92 Å². The summed E-state index contributed by atoms with van der Waals surface area (Å²) in [5, 5.41) is 6.13. The third kappa shape index (κ3) is 1.80. The average molecular weight is 226 g/mol. The highest BCUT2D eigenvalue weighted by Gasteiger charge is 2.50. The molecule has 2 heterocycles. The summed E-state index contributed by atoms with van der Waals surface area (Å²) < 4.78 is 4.78. The standard InChI is InChI=1S/C11H18N2O3/c1-11(10(15)16-2)6-7-8(13-11)4-3-5-12-9(7)14/h7-8,13H,3-6H2,1-2H3,(H,12,14)/t7-,8-,11-/m0/s1. The molecule has 2 fully saturated rings. The van der Waals surface area contributed by atoms with Crippen LogP contribution >= 0.6 is 0 Å². The number of hydrogen-bond acceptors (Lipinski definition) is 4. The lowest BCUT2D eigenvalue weighted by atomic mass is 9.91. The molecule has 1 amide bonds. The first-order valence-electron chi connectivity index (χ1n) is 5.70. The van der Waals surface area contributed by atoms with Crippen LogP contribution in [0.15, 0.2) is 0 Å². The van der Waals surface area contributed by atoms with Crippen molar-refractivity contribution in [1.82, 2.24) is 10.6 Å². The molecular weight excluding hydrogens is 208 g/mol. The number of rotatable bonds is 1. The Hall–Kier alpha value is -1.10. The smallest absolute Gasteiger partial charge is 0.325 e. The molecule has 0 aromatic heterocycles. The molecule has 0 radical (unpaired) electrons. The predicted molar refractivity (Wildman–Crippen MR) is 57.7 cm³/mol. The second-order valence-corrected chi connectivity index (χ2v) is 4.82. The third-order valence-corrected chi connectivity index (χ3v) is 3.58. The van der Waals surface area contributed by atoms with Crippen molar-refractivity contribution in [2.45, 2.75) is 37.8 Å². The van der Waals surface area contributed by atoms with E-state index in [0.717, 1.165) is 19.4 Å². The van der Waals surface area contributed by atoms with Crippen LogP contribution in [-0.4, -0.2) is 37.1 Å². The second-order valence-electron chi connectivity index (χ2n) is 4.82. The van der Waals surface area contributed by atoms with E-state index in [1.165, 1.54) is 7.11 Å². The number of esters is 1. The fourth-order valence-corrected chi connectivity index (χ4v) is 2.73. The van der Waals surface area contributed by atoms with Gasteiger partial charge in [0.2, 0.25) is 5.91 Å². The number of carbonyl (C=O) groups excluding carboxylic acids is 2. The van der Waals surface area contributed by atoms with Gasteiger partial charge in [-0.3, -0.25) is 14.9 Å². The summed E-state index contributed by atoms with van der Waals surface area (Å²) in [5.74, 6) is -0.331. The molecule has 0 saturated carbocycles. The fraction of sp³-hybridized carbons (Fsp3) is 0.818. The maximum Gasteiger partial charge on any atom is 0.325 e. The summed E-state index contributed by atoms with van der Waals surface area (Å²) in [4.78, 5) is 23.4. The molecule has 2 aliphatic heterocycles. The Morgan fingerprint density at radius 2 is 2.31 bits per heavy atom. The Kier molecular flexibility index (Phi) is 2.88. The van der Waals surface area contributed by atoms with Gasteiger partial charge in [0, 0.05) is 12.6 Å². The zero-order valence-corrected chi connectivity index (χ0v) is 9.71. The van der Waals surface area contributed by atoms with Crippen LogP contribution in [0.5, 0.6) is 0 Å². The van der Waals surface area contributed by atoms with Crippen LogP contribution < -0.4 is 10.6 Å². The number of carbonyl (C=O) groups is 2. The Labute approximate surface area is 94.9 Å². The molecule has 2 N–H and O–H groups in total. The molecule has 2 rings (SSSR count). The van der Waals surface area contributed by atoms with Crippen molar-refractivity contribution < 1.29 is 14.3 Å². The van der Waals surface area contributed by atoms with Crippen LogP contribution in [0.3, 0.4) is 0 Å². The van der Waals surface area contributed by atoms with Crippen LogP contribution in [0.25, 0.3) is 0 Å². The highest BCUT2D eigenvalue weighted by Crippen LogP contribution is 2.33. The van der Waals surface area contributed by atoms with Gasteiger partial charge < -0.3 is 10.1 Å². The normalized spacial score (nSPS) is 38.5. The Morgan fingerprint density at radius 3 is 3.00 bits per heavy atom. The van der Waals surface area contributed by atoms with Crippen LogP contribution in [-0.2, 0) is 14.3 Å². The van der Waals surface area contributed by atoms with Crippen molar-refractivity contribution in [1.29, 1.82) is 0 Å². The number of ether oxygens (including phenoxy) is 1. The van der Waals surface area contributed by atoms with Crippen molar-refractivity contribution in [2.75, 3.05) is 13.7 Å². The molecule has 0 aliphatic carbocycles. The van der Waals surface area contributed by atoms with Gasteiger partial charge in [-0.15, -0.1) is 0 Å². The molecular formula is C11H18N2O3. The van der Waals surface area contributed by atoms with Crippen molar-refractivity contribution >= 4 is 11.9 Å². The highest BCUT2D eigenvalue weighted by atomic mass is 16.5. The Bertz CT molecular complexity index is 318. The first-order valence-corrected chi connectivity index (χ1v) is 5.70. The van der Waals surface area contributed by atoms with Gasteiger partial charge in [0.05, 0.1) is 13.0 Å². The molecule has 90 valence electrons. The maximum atomic E-state index is 11.8. The van der Waals surface area contributed by atoms with Gasteiger partial charge in [-0.1, -0.05) is 0 Å². The molecule has 5 heteroatoms. The summed E-state index contributed by atoms with van der Waals surface area (Å²) in [7, 11) is 1.38. The quantitative estimate of drug-likeness (QED) is 0.608. The van der Waals surface area contributed by atoms with E-state index in [4.69, 9.17) is 4.74 Å². The number of amides is 1. The largest absolute Gasteiger partial charge is 0.468 e. The first-order chi connectivity index (χ1) is 7.57. The third-order valence-electron chi connectivity index (χ3n) is 3.58. The van der Waals surface area contributed by atoms with Crippen molar-refractivity contribution in [3.8, 4) is 0 Å². The fourth-order valence-electron chi connectivity index (χ4n) is 2.73. The molecule has 0 bridgehead atoms. The molecule has 2 aliphatic rings. The van der Waals surface area contributed by atoms with Gasteiger partial charge in [0.15, 0.2) is 0 Å². The predicted octanol–water partition coefficient (Wildman–Crippen LogP) is -0.194. The Balaban J connectivity index is 2.16. The molecule has 0 unspecified atom stereocenters. The zero-order valence-electron chi connectivity index (χ0n) is 9.71. The molecule has 0 aromatic rings. The number of nitrogens with one attached hydrogen (secondary N) is 2. The van der Waals surface area contributed by atoms with Gasteiger partial charge >= 0.3 is 5.97 Å². The minimum absolute atomic E-state index is 0.0580. The van der Waals surface area contributed by atoms with E-state index in [1.54, 1.807) is 6.92 Å². The second kappa shape index (κ2) is 4.05. The molecule has 16 heavy (non-hydrogen) atoms. The van der Waals surface area contributed by atoms with Crippen LogP contribution in [0.4, 0.5) is 0 Å². The van der Waals surface area contributed by atoms with Crippen molar-refractivity contribution in [3.05, 3.63) is 0 Å². The Morgan fingerprint density at radius 1 is 1.56 bits per heavy atom. The van der Waals surface area contributed by atoms with Gasteiger partial charge in [-0.25, -0.2) is 0 Å². The topological polar surface area (TPSA) is 67.4 Å². The van der Waals surface area contributed by atoms with Gasteiger partial charge in [0.25, 0.3) is 0 Å². The summed E-state index contributed by atoms with van der Waals surface area (Å²) >= 11 is 0. The molecule has 3 atom stereocenters. The van der Waals surface area contributed by atoms with Gasteiger partial charge in [-0.05, 0) is 26.2 Å². The zero-order chi connectivity index (χ0) is 11.8.